The van der Waals surface area contributed by atoms with E-state index in [1.165, 1.54) is 5.56 Å². The van der Waals surface area contributed by atoms with Crippen molar-refractivity contribution in [3.63, 3.8) is 0 Å². The van der Waals surface area contributed by atoms with Crippen molar-refractivity contribution in [3.8, 4) is 0 Å². The van der Waals surface area contributed by atoms with Crippen molar-refractivity contribution in [1.82, 2.24) is 0 Å². The Labute approximate surface area is 93.4 Å². The lowest BCUT2D eigenvalue weighted by molar-refractivity contribution is -0.0440. The van der Waals surface area contributed by atoms with E-state index in [2.05, 4.69) is 12.1 Å². The molecular formula is C11H17NO2Si. The fourth-order valence-electron chi connectivity index (χ4n) is 1.28. The first-order chi connectivity index (χ1) is 7.26. The predicted octanol–water partition coefficient (Wildman–Crippen LogP) is 1.51. The quantitative estimate of drug-likeness (QED) is 0.452. The highest BCUT2D eigenvalue weighted by Gasteiger charge is 2.05. The molecule has 0 aliphatic carbocycles. The summed E-state index contributed by atoms with van der Waals surface area (Å²) in [6.45, 7) is 0. The number of methoxy groups -OCH3 is 2. The van der Waals surface area contributed by atoms with Gasteiger partial charge in [-0.1, -0.05) is 18.2 Å². The molecule has 1 aromatic rings. The van der Waals surface area contributed by atoms with Gasteiger partial charge in [0.1, 0.15) is 15.4 Å². The minimum Gasteiger partial charge on any atom is -0.399 e. The average Bonchev–Trinajstić information content (AvgIpc) is 2.27. The third kappa shape index (κ3) is 4.46. The Balaban J connectivity index is 2.28. The lowest BCUT2D eigenvalue weighted by Gasteiger charge is -2.11. The highest BCUT2D eigenvalue weighted by Crippen LogP contribution is 2.08. The van der Waals surface area contributed by atoms with Gasteiger partial charge < -0.3 is 15.2 Å². The number of nitrogen functional groups attached to an aromatic ring is 1. The smallest absolute Gasteiger partial charge is 0.136 e. The van der Waals surface area contributed by atoms with Crippen LogP contribution >= 0.6 is 0 Å². The highest BCUT2D eigenvalue weighted by atomic mass is 28.2. The Hall–Kier alpha value is -0.843. The topological polar surface area (TPSA) is 44.5 Å². The van der Waals surface area contributed by atoms with Gasteiger partial charge in [0, 0.05) is 19.9 Å². The lowest BCUT2D eigenvalue weighted by atomic mass is 10.2. The molecule has 0 aliphatic heterocycles. The van der Waals surface area contributed by atoms with Crippen LogP contribution in [0.1, 0.15) is 5.56 Å². The van der Waals surface area contributed by atoms with Crippen molar-refractivity contribution in [2.24, 2.45) is 0 Å². The third-order valence-corrected chi connectivity index (χ3v) is 3.48. The molecule has 0 heterocycles. The predicted molar refractivity (Wildman–Crippen MR) is 62.9 cm³/mol. The SMILES string of the molecule is COC(OC)[Si]CCc1ccc(N)cc1. The Morgan fingerprint density at radius 2 is 1.80 bits per heavy atom. The molecule has 2 N–H and O–H groups in total. The van der Waals surface area contributed by atoms with E-state index in [1.54, 1.807) is 14.2 Å². The van der Waals surface area contributed by atoms with Crippen molar-refractivity contribution < 1.29 is 9.47 Å². The zero-order chi connectivity index (χ0) is 11.1. The summed E-state index contributed by atoms with van der Waals surface area (Å²) in [6.07, 6.45) is 1.04. The van der Waals surface area contributed by atoms with Crippen LogP contribution in [0.5, 0.6) is 0 Å². The first-order valence-electron chi connectivity index (χ1n) is 4.89. The molecule has 82 valence electrons. The zero-order valence-corrected chi connectivity index (χ0v) is 10.2. The maximum Gasteiger partial charge on any atom is 0.136 e. The van der Waals surface area contributed by atoms with E-state index in [-0.39, 0.29) is 5.91 Å². The number of nitrogens with two attached hydrogens (primary N) is 1. The number of aryl methyl sites for hydroxylation is 1. The van der Waals surface area contributed by atoms with Crippen molar-refractivity contribution >= 4 is 15.2 Å². The van der Waals surface area contributed by atoms with E-state index < -0.39 is 0 Å². The summed E-state index contributed by atoms with van der Waals surface area (Å²) in [5.41, 5.74) is 7.73. The van der Waals surface area contributed by atoms with Gasteiger partial charge in [-0.25, -0.2) is 0 Å². The van der Waals surface area contributed by atoms with E-state index in [0.29, 0.717) is 9.52 Å². The summed E-state index contributed by atoms with van der Waals surface area (Å²) in [6, 6.07) is 9.07. The molecule has 0 saturated heterocycles. The number of benzene rings is 1. The van der Waals surface area contributed by atoms with Gasteiger partial charge in [-0.15, -0.1) is 0 Å². The Kier molecular flexibility index (Phi) is 5.38. The van der Waals surface area contributed by atoms with Gasteiger partial charge in [-0.2, -0.15) is 0 Å². The maximum atomic E-state index is 5.61. The number of anilines is 1. The number of hydrogen-bond donors (Lipinski definition) is 1. The molecule has 0 bridgehead atoms. The van der Waals surface area contributed by atoms with Crippen molar-refractivity contribution in [1.29, 1.82) is 0 Å². The van der Waals surface area contributed by atoms with Gasteiger partial charge in [0.25, 0.3) is 0 Å². The molecule has 0 unspecified atom stereocenters. The molecule has 4 heteroatoms. The summed E-state index contributed by atoms with van der Waals surface area (Å²) in [5.74, 6) is -0.0567. The third-order valence-electron chi connectivity index (χ3n) is 2.13. The molecule has 15 heavy (non-hydrogen) atoms. The lowest BCUT2D eigenvalue weighted by Crippen LogP contribution is -2.21. The molecule has 0 amide bonds. The summed E-state index contributed by atoms with van der Waals surface area (Å²) < 4.78 is 10.3. The molecule has 2 radical (unpaired) electrons. The molecule has 0 saturated carbocycles. The fraction of sp³-hybridized carbons (Fsp3) is 0.455. The van der Waals surface area contributed by atoms with Crippen LogP contribution in [0.15, 0.2) is 24.3 Å². The van der Waals surface area contributed by atoms with Crippen LogP contribution in [0.3, 0.4) is 0 Å². The Bertz CT molecular complexity index is 272. The average molecular weight is 223 g/mol. The van der Waals surface area contributed by atoms with E-state index in [1.807, 2.05) is 12.1 Å². The summed E-state index contributed by atoms with van der Waals surface area (Å²) in [7, 11) is 4.01. The summed E-state index contributed by atoms with van der Waals surface area (Å²) >= 11 is 0. The second kappa shape index (κ2) is 6.61. The molecule has 0 aromatic heterocycles. The fourth-order valence-corrected chi connectivity index (χ4v) is 2.28. The minimum atomic E-state index is -0.0567. The van der Waals surface area contributed by atoms with E-state index in [4.69, 9.17) is 15.2 Å². The number of ether oxygens (including phenoxy) is 2. The van der Waals surface area contributed by atoms with Crippen LogP contribution in [0.25, 0.3) is 0 Å². The Morgan fingerprint density at radius 3 is 2.33 bits per heavy atom. The normalized spacial score (nSPS) is 10.9. The van der Waals surface area contributed by atoms with Gasteiger partial charge in [-0.05, 0) is 24.1 Å². The van der Waals surface area contributed by atoms with Gasteiger partial charge in [0.2, 0.25) is 0 Å². The van der Waals surface area contributed by atoms with Gasteiger partial charge in [0.05, 0.1) is 0 Å². The van der Waals surface area contributed by atoms with Crippen LogP contribution < -0.4 is 5.73 Å². The van der Waals surface area contributed by atoms with Gasteiger partial charge in [0.15, 0.2) is 0 Å². The van der Waals surface area contributed by atoms with Crippen LogP contribution in [0.2, 0.25) is 6.04 Å². The molecule has 0 aliphatic rings. The molecule has 0 spiro atoms. The van der Waals surface area contributed by atoms with E-state index >= 15 is 0 Å². The largest absolute Gasteiger partial charge is 0.399 e. The molecular weight excluding hydrogens is 206 g/mol. The van der Waals surface area contributed by atoms with Crippen LogP contribution in [-0.4, -0.2) is 29.7 Å². The highest BCUT2D eigenvalue weighted by molar-refractivity contribution is 6.36. The first kappa shape index (κ1) is 12.2. The zero-order valence-electron chi connectivity index (χ0n) is 9.19. The number of hydrogen-bond acceptors (Lipinski definition) is 3. The van der Waals surface area contributed by atoms with Crippen LogP contribution in [0, 0.1) is 0 Å². The monoisotopic (exact) mass is 223 g/mol. The standard InChI is InChI=1S/C11H17NO2Si/c1-13-11(14-2)15-8-7-9-3-5-10(12)6-4-9/h3-6,11H,7-8,12H2,1-2H3. The van der Waals surface area contributed by atoms with Gasteiger partial charge in [-0.3, -0.25) is 0 Å². The summed E-state index contributed by atoms with van der Waals surface area (Å²) in [4.78, 5) is 0. The van der Waals surface area contributed by atoms with Crippen LogP contribution in [0.4, 0.5) is 5.69 Å². The van der Waals surface area contributed by atoms with Crippen LogP contribution in [-0.2, 0) is 15.9 Å². The van der Waals surface area contributed by atoms with Gasteiger partial charge >= 0.3 is 0 Å². The Morgan fingerprint density at radius 1 is 1.20 bits per heavy atom. The van der Waals surface area contributed by atoms with Crippen molar-refractivity contribution in [2.75, 3.05) is 20.0 Å². The first-order valence-corrected chi connectivity index (χ1v) is 6.18. The number of rotatable bonds is 6. The minimum absolute atomic E-state index is 0.0567. The van der Waals surface area contributed by atoms with Crippen molar-refractivity contribution in [3.05, 3.63) is 29.8 Å². The molecule has 1 rings (SSSR count). The maximum absolute atomic E-state index is 5.61. The second-order valence-corrected chi connectivity index (χ2v) is 4.63. The second-order valence-electron chi connectivity index (χ2n) is 3.25. The summed E-state index contributed by atoms with van der Waals surface area (Å²) in [5, 5.41) is 0. The van der Waals surface area contributed by atoms with Crippen molar-refractivity contribution in [2.45, 2.75) is 18.4 Å². The van der Waals surface area contributed by atoms with E-state index in [0.717, 1.165) is 18.2 Å². The van der Waals surface area contributed by atoms with E-state index in [9.17, 15) is 0 Å². The molecule has 0 fully saturated rings. The molecule has 3 nitrogen and oxygen atoms in total. The molecule has 1 aromatic carbocycles. The molecule has 0 atom stereocenters.